The molecule has 1 N–H and O–H groups in total. The van der Waals surface area contributed by atoms with Gasteiger partial charge in [0.25, 0.3) is 5.95 Å². The molecule has 160 valence electrons. The Morgan fingerprint density at radius 2 is 1.81 bits per heavy atom. The van der Waals surface area contributed by atoms with Crippen LogP contribution in [0.3, 0.4) is 0 Å². The van der Waals surface area contributed by atoms with E-state index in [2.05, 4.69) is 31.0 Å². The van der Waals surface area contributed by atoms with Gasteiger partial charge in [-0.15, -0.1) is 0 Å². The number of phenols is 1. The lowest BCUT2D eigenvalue weighted by molar-refractivity contribution is 0.373. The summed E-state index contributed by atoms with van der Waals surface area (Å²) in [6.45, 7) is 0. The molecule has 0 bridgehead atoms. The Labute approximate surface area is 198 Å². The number of hydrogen-bond donors (Lipinski definition) is 1. The summed E-state index contributed by atoms with van der Waals surface area (Å²) < 4.78 is 7.54. The molecule has 8 heteroatoms. The van der Waals surface area contributed by atoms with Crippen molar-refractivity contribution in [1.29, 1.82) is 0 Å². The van der Waals surface area contributed by atoms with Crippen molar-refractivity contribution >= 4 is 45.9 Å². The minimum Gasteiger partial charge on any atom is -0.504 e. The molecule has 0 aliphatic carbocycles. The fourth-order valence-electron chi connectivity index (χ4n) is 2.94. The van der Waals surface area contributed by atoms with Crippen LogP contribution in [-0.2, 0) is 0 Å². The molecule has 0 fully saturated rings. The van der Waals surface area contributed by atoms with Gasteiger partial charge >= 0.3 is 0 Å². The average molecular weight is 510 g/mol. The normalized spacial score (nSPS) is 11.5. The lowest BCUT2D eigenvalue weighted by Crippen LogP contribution is -1.91. The van der Waals surface area contributed by atoms with Crippen molar-refractivity contribution in [2.45, 2.75) is 0 Å². The topological polar surface area (TPSA) is 72.0 Å². The second-order valence-corrected chi connectivity index (χ2v) is 8.09. The molecule has 1 aromatic heterocycles. The third-order valence-electron chi connectivity index (χ3n) is 4.55. The number of methoxy groups -OCH3 is 1. The fourth-order valence-corrected chi connectivity index (χ4v) is 3.52. The zero-order chi connectivity index (χ0) is 22.5. The highest BCUT2D eigenvalue weighted by molar-refractivity contribution is 9.10. The van der Waals surface area contributed by atoms with Gasteiger partial charge in [-0.2, -0.15) is 5.10 Å². The molecule has 0 saturated heterocycles. The predicted octanol–water partition coefficient (Wildman–Crippen LogP) is 6.31. The Morgan fingerprint density at radius 3 is 2.53 bits per heavy atom. The Hall–Kier alpha value is -3.42. The number of imidazole rings is 1. The zero-order valence-corrected chi connectivity index (χ0v) is 19.3. The number of nitrogens with zero attached hydrogens (tertiary/aromatic N) is 4. The van der Waals surface area contributed by atoms with Crippen molar-refractivity contribution in [3.05, 3.63) is 93.5 Å². The van der Waals surface area contributed by atoms with E-state index >= 15 is 0 Å². The highest BCUT2D eigenvalue weighted by Gasteiger charge is 2.11. The van der Waals surface area contributed by atoms with Gasteiger partial charge in [-0.05, 0) is 29.8 Å². The molecule has 32 heavy (non-hydrogen) atoms. The summed E-state index contributed by atoms with van der Waals surface area (Å²) in [6, 6.07) is 20.5. The summed E-state index contributed by atoms with van der Waals surface area (Å²) in [4.78, 5) is 9.10. The van der Waals surface area contributed by atoms with Crippen LogP contribution in [0.2, 0.25) is 5.02 Å². The number of hydrogen-bond acceptors (Lipinski definition) is 5. The van der Waals surface area contributed by atoms with Gasteiger partial charge in [-0.25, -0.2) is 14.7 Å². The van der Waals surface area contributed by atoms with E-state index in [0.717, 1.165) is 21.3 Å². The molecular formula is C24H18BrClN4O2. The van der Waals surface area contributed by atoms with Gasteiger partial charge in [0, 0.05) is 26.8 Å². The molecular weight excluding hydrogens is 492 g/mol. The molecule has 0 unspecified atom stereocenters. The van der Waals surface area contributed by atoms with Crippen LogP contribution in [0.15, 0.2) is 87.5 Å². The number of aromatic nitrogens is 2. The van der Waals surface area contributed by atoms with Gasteiger partial charge in [-0.1, -0.05) is 70.0 Å². The van der Waals surface area contributed by atoms with E-state index in [1.165, 1.54) is 13.3 Å². The summed E-state index contributed by atoms with van der Waals surface area (Å²) in [6.07, 6.45) is 5.02. The van der Waals surface area contributed by atoms with Crippen LogP contribution in [0.25, 0.3) is 11.3 Å². The largest absolute Gasteiger partial charge is 0.504 e. The van der Waals surface area contributed by atoms with Gasteiger partial charge in [0.15, 0.2) is 11.5 Å². The average Bonchev–Trinajstić information content (AvgIpc) is 3.22. The molecule has 4 aromatic rings. The Kier molecular flexibility index (Phi) is 6.68. The third-order valence-corrected chi connectivity index (χ3v) is 5.26. The number of phenolic OH excluding ortho intramolecular Hbond substituents is 1. The van der Waals surface area contributed by atoms with Gasteiger partial charge in [-0.3, -0.25) is 0 Å². The van der Waals surface area contributed by atoms with Crippen LogP contribution in [0.4, 0.5) is 5.95 Å². The van der Waals surface area contributed by atoms with Crippen molar-refractivity contribution in [3.63, 3.8) is 0 Å². The zero-order valence-electron chi connectivity index (χ0n) is 17.0. The Morgan fingerprint density at radius 1 is 1.06 bits per heavy atom. The third kappa shape index (κ3) is 5.07. The molecule has 0 amide bonds. The number of aliphatic imine (C=N–C) groups is 1. The van der Waals surface area contributed by atoms with Crippen LogP contribution in [0.5, 0.6) is 11.5 Å². The molecule has 0 atom stereocenters. The first-order valence-electron chi connectivity index (χ1n) is 9.59. The van der Waals surface area contributed by atoms with E-state index < -0.39 is 0 Å². The first-order chi connectivity index (χ1) is 15.5. The molecule has 1 heterocycles. The highest BCUT2D eigenvalue weighted by atomic mass is 79.9. The van der Waals surface area contributed by atoms with Crippen molar-refractivity contribution < 1.29 is 9.84 Å². The fraction of sp³-hybridized carbons (Fsp3) is 0.0417. The molecule has 0 saturated carbocycles. The number of aromatic hydroxyl groups is 1. The second-order valence-electron chi connectivity index (χ2n) is 6.74. The van der Waals surface area contributed by atoms with Crippen molar-refractivity contribution in [2.24, 2.45) is 10.1 Å². The lowest BCUT2D eigenvalue weighted by Gasteiger charge is -2.06. The molecule has 0 spiro atoms. The smallest absolute Gasteiger partial charge is 0.251 e. The number of benzene rings is 3. The molecule has 4 rings (SSSR count). The lowest BCUT2D eigenvalue weighted by atomic mass is 10.2. The van der Waals surface area contributed by atoms with Crippen LogP contribution in [-0.4, -0.2) is 34.3 Å². The Balaban J connectivity index is 1.73. The standard InChI is InChI=1S/C24H18BrClN4O2/c1-32-22-12-19(25)11-18(23(22)31)14-27-24-29-21(17-5-3-2-4-6-17)15-30(24)28-13-16-7-9-20(26)10-8-16/h2-15,31H,1H3/b27-14+,28-13+. The monoisotopic (exact) mass is 508 g/mol. The minimum atomic E-state index is -0.00879. The molecule has 6 nitrogen and oxygen atoms in total. The highest BCUT2D eigenvalue weighted by Crippen LogP contribution is 2.33. The van der Waals surface area contributed by atoms with Gasteiger partial charge in [0.2, 0.25) is 0 Å². The SMILES string of the molecule is COc1cc(Br)cc(/C=N/c2nc(-c3ccccc3)cn2/N=C/c2ccc(Cl)cc2)c1O. The van der Waals surface area contributed by atoms with Crippen LogP contribution in [0.1, 0.15) is 11.1 Å². The number of rotatable bonds is 6. The maximum atomic E-state index is 10.4. The van der Waals surface area contributed by atoms with Crippen LogP contribution in [0, 0.1) is 0 Å². The van der Waals surface area contributed by atoms with Crippen LogP contribution >= 0.6 is 27.5 Å². The van der Waals surface area contributed by atoms with E-state index in [0.29, 0.717) is 22.3 Å². The number of ether oxygens (including phenoxy) is 1. The number of halogens is 2. The summed E-state index contributed by atoms with van der Waals surface area (Å²) in [7, 11) is 1.49. The second kappa shape index (κ2) is 9.80. The van der Waals surface area contributed by atoms with Gasteiger partial charge < -0.3 is 9.84 Å². The summed E-state index contributed by atoms with van der Waals surface area (Å²) in [5, 5.41) is 15.6. The predicted molar refractivity (Wildman–Crippen MR) is 132 cm³/mol. The van der Waals surface area contributed by atoms with E-state index in [9.17, 15) is 5.11 Å². The van der Waals surface area contributed by atoms with E-state index in [1.807, 2.05) is 42.5 Å². The van der Waals surface area contributed by atoms with E-state index in [4.69, 9.17) is 16.3 Å². The maximum Gasteiger partial charge on any atom is 0.251 e. The van der Waals surface area contributed by atoms with Gasteiger partial charge in [0.05, 0.1) is 25.2 Å². The molecule has 0 aliphatic heterocycles. The Bertz CT molecular complexity index is 1290. The van der Waals surface area contributed by atoms with Crippen LogP contribution < -0.4 is 4.74 Å². The van der Waals surface area contributed by atoms with E-state index in [1.54, 1.807) is 41.4 Å². The quantitative estimate of drug-likeness (QED) is 0.309. The van der Waals surface area contributed by atoms with Crippen molar-refractivity contribution in [2.75, 3.05) is 7.11 Å². The molecule has 3 aromatic carbocycles. The molecule has 0 aliphatic rings. The first kappa shape index (κ1) is 21.8. The first-order valence-corrected chi connectivity index (χ1v) is 10.8. The van der Waals surface area contributed by atoms with Crippen molar-refractivity contribution in [3.8, 4) is 22.8 Å². The van der Waals surface area contributed by atoms with E-state index in [-0.39, 0.29) is 5.75 Å². The molecule has 0 radical (unpaired) electrons. The minimum absolute atomic E-state index is 0.00879. The summed E-state index contributed by atoms with van der Waals surface area (Å²) in [5.41, 5.74) is 3.03. The summed E-state index contributed by atoms with van der Waals surface area (Å²) in [5.74, 6) is 0.688. The van der Waals surface area contributed by atoms with Gasteiger partial charge in [0.1, 0.15) is 0 Å². The summed E-state index contributed by atoms with van der Waals surface area (Å²) >= 11 is 9.37. The van der Waals surface area contributed by atoms with Crippen molar-refractivity contribution in [1.82, 2.24) is 9.66 Å². The maximum absolute atomic E-state index is 10.4.